The number of hydrogen-bond donors (Lipinski definition) is 2. The van der Waals surface area contributed by atoms with Crippen LogP contribution < -0.4 is 0 Å². The number of aryl methyl sites for hydroxylation is 1. The first-order valence-electron chi connectivity index (χ1n) is 9.56. The molecule has 0 atom stereocenters. The van der Waals surface area contributed by atoms with Gasteiger partial charge < -0.3 is 9.67 Å². The third kappa shape index (κ3) is 4.29. The van der Waals surface area contributed by atoms with Crippen LogP contribution in [0.5, 0.6) is 0 Å². The van der Waals surface area contributed by atoms with E-state index < -0.39 is 0 Å². The first-order chi connectivity index (χ1) is 14.2. The maximum atomic E-state index is 8.89. The predicted molar refractivity (Wildman–Crippen MR) is 114 cm³/mol. The molecule has 0 aliphatic carbocycles. The molecule has 4 aromatic rings. The van der Waals surface area contributed by atoms with Crippen molar-refractivity contribution >= 4 is 0 Å². The first-order valence-corrected chi connectivity index (χ1v) is 9.56. The second kappa shape index (κ2) is 8.59. The number of aromatic nitrogens is 4. The van der Waals surface area contributed by atoms with Crippen LogP contribution in [-0.4, -0.2) is 31.5 Å². The highest BCUT2D eigenvalue weighted by Gasteiger charge is 2.16. The highest BCUT2D eigenvalue weighted by molar-refractivity contribution is 5.78. The summed E-state index contributed by atoms with van der Waals surface area (Å²) in [6, 6.07) is 20.4. The maximum Gasteiger partial charge on any atom is 0.0963 e. The molecule has 0 amide bonds. The molecule has 0 aliphatic rings. The Bertz CT molecular complexity index is 1150. The average molecular weight is 382 g/mol. The van der Waals surface area contributed by atoms with Crippen molar-refractivity contribution in [2.24, 2.45) is 0 Å². The largest absolute Gasteiger partial charge is 0.395 e. The highest BCUT2D eigenvalue weighted by Crippen LogP contribution is 2.31. The molecule has 2 heterocycles. The van der Waals surface area contributed by atoms with E-state index in [1.165, 1.54) is 0 Å². The summed E-state index contributed by atoms with van der Waals surface area (Å²) in [7, 11) is 0. The zero-order chi connectivity index (χ0) is 20.1. The van der Waals surface area contributed by atoms with E-state index >= 15 is 0 Å². The molecular formula is C24H22N4O. The first kappa shape index (κ1) is 18.7. The van der Waals surface area contributed by atoms with Gasteiger partial charge in [0.05, 0.1) is 36.6 Å². The van der Waals surface area contributed by atoms with Gasteiger partial charge in [0.25, 0.3) is 0 Å². The Morgan fingerprint density at radius 3 is 2.52 bits per heavy atom. The van der Waals surface area contributed by atoms with Crippen LogP contribution in [0.4, 0.5) is 0 Å². The molecule has 5 heteroatoms. The molecule has 144 valence electrons. The third-order valence-corrected chi connectivity index (χ3v) is 4.60. The number of rotatable bonds is 5. The van der Waals surface area contributed by atoms with Crippen LogP contribution in [0.3, 0.4) is 0 Å². The molecule has 2 aromatic carbocycles. The standard InChI is InChI=1S/C24H22N4O/c1-18-15-22(27-26-18)16-28-17-25-23(20-8-3-2-4-9-20)24(28)21-12-10-19(11-13-21)7-5-6-14-29/h2-4,8-13,15,17,29H,6,14,16H2,1H3,(H,26,27). The Morgan fingerprint density at radius 1 is 1.03 bits per heavy atom. The van der Waals surface area contributed by atoms with Crippen molar-refractivity contribution in [3.8, 4) is 34.4 Å². The SMILES string of the molecule is Cc1cc(Cn2cnc(-c3ccccc3)c2-c2ccc(C#CCCO)cc2)n[nH]1. The quantitative estimate of drug-likeness (QED) is 0.512. The van der Waals surface area contributed by atoms with Gasteiger partial charge in [-0.1, -0.05) is 54.3 Å². The van der Waals surface area contributed by atoms with E-state index in [2.05, 4.69) is 50.9 Å². The Balaban J connectivity index is 1.75. The molecule has 4 rings (SSSR count). The molecule has 0 saturated heterocycles. The predicted octanol–water partition coefficient (Wildman–Crippen LogP) is 4.03. The number of imidazole rings is 1. The van der Waals surface area contributed by atoms with Crippen LogP contribution in [0.15, 0.2) is 67.0 Å². The number of nitrogens with one attached hydrogen (secondary N) is 1. The molecule has 2 N–H and O–H groups in total. The Morgan fingerprint density at radius 2 is 1.83 bits per heavy atom. The summed E-state index contributed by atoms with van der Waals surface area (Å²) in [5, 5.41) is 16.3. The van der Waals surface area contributed by atoms with Crippen molar-refractivity contribution < 1.29 is 5.11 Å². The number of aromatic amines is 1. The monoisotopic (exact) mass is 382 g/mol. The van der Waals surface area contributed by atoms with Gasteiger partial charge in [-0.2, -0.15) is 5.10 Å². The van der Waals surface area contributed by atoms with Gasteiger partial charge in [0.1, 0.15) is 0 Å². The zero-order valence-electron chi connectivity index (χ0n) is 16.3. The summed E-state index contributed by atoms with van der Waals surface area (Å²) < 4.78 is 2.13. The van der Waals surface area contributed by atoms with Crippen LogP contribution in [0.1, 0.15) is 23.4 Å². The highest BCUT2D eigenvalue weighted by atomic mass is 16.2. The van der Waals surface area contributed by atoms with Crippen molar-refractivity contribution in [1.29, 1.82) is 0 Å². The fourth-order valence-electron chi connectivity index (χ4n) is 3.27. The molecule has 5 nitrogen and oxygen atoms in total. The number of H-pyrrole nitrogens is 1. The topological polar surface area (TPSA) is 66.7 Å². The van der Waals surface area contributed by atoms with Crippen LogP contribution in [0.25, 0.3) is 22.5 Å². The van der Waals surface area contributed by atoms with Gasteiger partial charge in [0, 0.05) is 28.8 Å². The van der Waals surface area contributed by atoms with Crippen molar-refractivity contribution in [1.82, 2.24) is 19.7 Å². The van der Waals surface area contributed by atoms with E-state index in [4.69, 9.17) is 10.1 Å². The minimum Gasteiger partial charge on any atom is -0.395 e. The van der Waals surface area contributed by atoms with E-state index in [0.717, 1.165) is 39.5 Å². The average Bonchev–Trinajstić information content (AvgIpc) is 3.36. The van der Waals surface area contributed by atoms with E-state index in [-0.39, 0.29) is 6.61 Å². The molecule has 0 fully saturated rings. The molecule has 29 heavy (non-hydrogen) atoms. The number of nitrogens with zero attached hydrogens (tertiary/aromatic N) is 3. The minimum absolute atomic E-state index is 0.0807. The number of aliphatic hydroxyl groups excluding tert-OH is 1. The summed E-state index contributed by atoms with van der Waals surface area (Å²) >= 11 is 0. The van der Waals surface area contributed by atoms with Gasteiger partial charge in [-0.3, -0.25) is 5.10 Å². The molecular weight excluding hydrogens is 360 g/mol. The Kier molecular flexibility index (Phi) is 5.55. The third-order valence-electron chi connectivity index (χ3n) is 4.60. The Labute approximate surface area is 170 Å². The molecule has 0 saturated carbocycles. The molecule has 0 radical (unpaired) electrons. The fourth-order valence-corrected chi connectivity index (χ4v) is 3.27. The molecule has 0 unspecified atom stereocenters. The van der Waals surface area contributed by atoms with Gasteiger partial charge in [-0.15, -0.1) is 0 Å². The summed E-state index contributed by atoms with van der Waals surface area (Å²) in [5.74, 6) is 6.03. The van der Waals surface area contributed by atoms with Crippen LogP contribution in [0, 0.1) is 18.8 Å². The number of aliphatic hydroxyl groups is 1. The lowest BCUT2D eigenvalue weighted by atomic mass is 10.0. The van der Waals surface area contributed by atoms with E-state index in [1.54, 1.807) is 0 Å². The number of hydrogen-bond acceptors (Lipinski definition) is 3. The van der Waals surface area contributed by atoms with Gasteiger partial charge >= 0.3 is 0 Å². The van der Waals surface area contributed by atoms with Gasteiger partial charge in [0.2, 0.25) is 0 Å². The summed E-state index contributed by atoms with van der Waals surface area (Å²) in [5.41, 5.74) is 7.07. The molecule has 2 aromatic heterocycles. The van der Waals surface area contributed by atoms with E-state index in [0.29, 0.717) is 13.0 Å². The number of benzene rings is 2. The molecule has 0 bridgehead atoms. The van der Waals surface area contributed by atoms with Crippen LogP contribution in [0.2, 0.25) is 0 Å². The van der Waals surface area contributed by atoms with Crippen molar-refractivity contribution in [3.05, 3.63) is 83.9 Å². The zero-order valence-corrected chi connectivity index (χ0v) is 16.3. The summed E-state index contributed by atoms with van der Waals surface area (Å²) in [4.78, 5) is 4.72. The summed E-state index contributed by atoms with van der Waals surface area (Å²) in [6.45, 7) is 2.71. The van der Waals surface area contributed by atoms with Crippen LogP contribution >= 0.6 is 0 Å². The van der Waals surface area contributed by atoms with Gasteiger partial charge in [-0.05, 0) is 25.1 Å². The fraction of sp³-hybridized carbons (Fsp3) is 0.167. The van der Waals surface area contributed by atoms with Gasteiger partial charge in [-0.25, -0.2) is 4.98 Å². The second-order valence-electron chi connectivity index (χ2n) is 6.83. The van der Waals surface area contributed by atoms with Crippen LogP contribution in [-0.2, 0) is 6.54 Å². The maximum absolute atomic E-state index is 8.89. The van der Waals surface area contributed by atoms with Crippen molar-refractivity contribution in [2.75, 3.05) is 6.61 Å². The second-order valence-corrected chi connectivity index (χ2v) is 6.83. The van der Waals surface area contributed by atoms with Gasteiger partial charge in [0.15, 0.2) is 0 Å². The van der Waals surface area contributed by atoms with Crippen molar-refractivity contribution in [3.63, 3.8) is 0 Å². The van der Waals surface area contributed by atoms with E-state index in [1.807, 2.05) is 49.6 Å². The lowest BCUT2D eigenvalue weighted by Gasteiger charge is -2.10. The lowest BCUT2D eigenvalue weighted by molar-refractivity contribution is 0.305. The lowest BCUT2D eigenvalue weighted by Crippen LogP contribution is -2.01. The molecule has 0 aliphatic heterocycles. The molecule has 0 spiro atoms. The Hall–Kier alpha value is -3.62. The smallest absolute Gasteiger partial charge is 0.0963 e. The van der Waals surface area contributed by atoms with E-state index in [9.17, 15) is 0 Å². The summed E-state index contributed by atoms with van der Waals surface area (Å²) in [6.07, 6.45) is 2.35. The normalized spacial score (nSPS) is 10.6. The van der Waals surface area contributed by atoms with Crippen molar-refractivity contribution in [2.45, 2.75) is 19.9 Å². The minimum atomic E-state index is 0.0807.